The van der Waals surface area contributed by atoms with Crippen molar-refractivity contribution in [1.82, 2.24) is 0 Å². The zero-order chi connectivity index (χ0) is 12.8. The van der Waals surface area contributed by atoms with E-state index in [1.165, 1.54) is 22.3 Å². The van der Waals surface area contributed by atoms with Gasteiger partial charge in [-0.3, -0.25) is 0 Å². The highest BCUT2D eigenvalue weighted by Crippen LogP contribution is 2.57. The average molecular weight is 234 g/mol. The lowest BCUT2D eigenvalue weighted by atomic mass is 9.86. The fraction of sp³-hybridized carbons (Fsp3) is 0.600. The molecular formula is C15H22O2. The van der Waals surface area contributed by atoms with Crippen molar-refractivity contribution in [2.45, 2.75) is 39.5 Å². The van der Waals surface area contributed by atoms with Gasteiger partial charge >= 0.3 is 0 Å². The number of aliphatic hydroxyl groups excluding tert-OH is 1. The second-order valence-electron chi connectivity index (χ2n) is 5.46. The Bertz CT molecular complexity index is 447. The molecule has 0 heterocycles. The van der Waals surface area contributed by atoms with E-state index in [0.717, 1.165) is 12.2 Å². The van der Waals surface area contributed by atoms with Crippen molar-refractivity contribution in [3.63, 3.8) is 0 Å². The Balaban J connectivity index is 2.65. The monoisotopic (exact) mass is 234 g/mol. The SMILES string of the molecule is COc1c(C)c(C)cc(C)c1C1(CO)CC1C. The predicted octanol–water partition coefficient (Wildman–Crippen LogP) is 2.89. The molecule has 0 radical (unpaired) electrons. The Kier molecular flexibility index (Phi) is 2.94. The molecule has 1 aliphatic rings. The number of hydrogen-bond acceptors (Lipinski definition) is 2. The third-order valence-electron chi connectivity index (χ3n) is 4.42. The molecule has 1 aromatic carbocycles. The summed E-state index contributed by atoms with van der Waals surface area (Å²) >= 11 is 0. The van der Waals surface area contributed by atoms with Crippen LogP contribution in [0.25, 0.3) is 0 Å². The lowest BCUT2D eigenvalue weighted by Crippen LogP contribution is -2.18. The molecule has 2 heteroatoms. The normalized spacial score (nSPS) is 27.1. The van der Waals surface area contributed by atoms with Gasteiger partial charge in [0.05, 0.1) is 13.7 Å². The minimum Gasteiger partial charge on any atom is -0.496 e. The number of methoxy groups -OCH3 is 1. The Morgan fingerprint density at radius 1 is 1.35 bits per heavy atom. The van der Waals surface area contributed by atoms with Gasteiger partial charge in [-0.25, -0.2) is 0 Å². The first-order valence-electron chi connectivity index (χ1n) is 6.24. The summed E-state index contributed by atoms with van der Waals surface area (Å²) in [4.78, 5) is 0. The summed E-state index contributed by atoms with van der Waals surface area (Å²) in [5.41, 5.74) is 4.85. The first-order valence-corrected chi connectivity index (χ1v) is 6.24. The summed E-state index contributed by atoms with van der Waals surface area (Å²) < 4.78 is 5.60. The molecule has 0 saturated heterocycles. The smallest absolute Gasteiger partial charge is 0.126 e. The first kappa shape index (κ1) is 12.4. The molecule has 1 aliphatic carbocycles. The number of aliphatic hydroxyl groups is 1. The molecule has 1 fully saturated rings. The van der Waals surface area contributed by atoms with Crippen LogP contribution in [0, 0.1) is 26.7 Å². The van der Waals surface area contributed by atoms with Crippen molar-refractivity contribution in [3.05, 3.63) is 28.3 Å². The molecule has 0 amide bonds. The molecule has 0 aliphatic heterocycles. The minimum absolute atomic E-state index is 0.0616. The maximum absolute atomic E-state index is 9.73. The summed E-state index contributed by atoms with van der Waals surface area (Å²) in [7, 11) is 1.73. The zero-order valence-electron chi connectivity index (χ0n) is 11.4. The van der Waals surface area contributed by atoms with Crippen LogP contribution in [-0.4, -0.2) is 18.8 Å². The number of aryl methyl sites for hydroxylation is 2. The Hall–Kier alpha value is -1.02. The van der Waals surface area contributed by atoms with Gasteiger partial charge in [0.1, 0.15) is 5.75 Å². The second kappa shape index (κ2) is 4.02. The standard InChI is InChI=1S/C15H22O2/c1-9-6-10(2)13(14(17-5)12(9)4)15(8-16)7-11(15)3/h6,11,16H,7-8H2,1-5H3. The minimum atomic E-state index is -0.0616. The van der Waals surface area contributed by atoms with Crippen LogP contribution in [0.3, 0.4) is 0 Å². The zero-order valence-corrected chi connectivity index (χ0v) is 11.4. The highest BCUT2D eigenvalue weighted by molar-refractivity contribution is 5.55. The molecule has 0 bridgehead atoms. The van der Waals surface area contributed by atoms with Crippen LogP contribution in [0.5, 0.6) is 5.75 Å². The van der Waals surface area contributed by atoms with Gasteiger partial charge in [-0.1, -0.05) is 13.0 Å². The fourth-order valence-corrected chi connectivity index (χ4v) is 3.06. The van der Waals surface area contributed by atoms with Gasteiger partial charge in [0.15, 0.2) is 0 Å². The molecule has 2 atom stereocenters. The fourth-order valence-electron chi connectivity index (χ4n) is 3.06. The predicted molar refractivity (Wildman–Crippen MR) is 69.7 cm³/mol. The summed E-state index contributed by atoms with van der Waals surface area (Å²) in [6.07, 6.45) is 1.06. The van der Waals surface area contributed by atoms with Gasteiger partial charge in [-0.15, -0.1) is 0 Å². The summed E-state index contributed by atoms with van der Waals surface area (Å²) in [5, 5.41) is 9.73. The second-order valence-corrected chi connectivity index (χ2v) is 5.46. The van der Waals surface area contributed by atoms with E-state index in [-0.39, 0.29) is 12.0 Å². The number of ether oxygens (including phenoxy) is 1. The summed E-state index contributed by atoms with van der Waals surface area (Å²) in [6, 6.07) is 2.20. The van der Waals surface area contributed by atoms with Crippen molar-refractivity contribution >= 4 is 0 Å². The van der Waals surface area contributed by atoms with E-state index < -0.39 is 0 Å². The molecule has 2 nitrogen and oxygen atoms in total. The third kappa shape index (κ3) is 1.66. The van der Waals surface area contributed by atoms with Crippen LogP contribution >= 0.6 is 0 Å². The highest BCUT2D eigenvalue weighted by atomic mass is 16.5. The summed E-state index contributed by atoms with van der Waals surface area (Å²) in [5.74, 6) is 1.52. The van der Waals surface area contributed by atoms with Crippen LogP contribution in [-0.2, 0) is 5.41 Å². The van der Waals surface area contributed by atoms with E-state index in [1.54, 1.807) is 7.11 Å². The number of benzene rings is 1. The van der Waals surface area contributed by atoms with Crippen LogP contribution in [0.2, 0.25) is 0 Å². The van der Waals surface area contributed by atoms with E-state index in [9.17, 15) is 5.11 Å². The van der Waals surface area contributed by atoms with E-state index in [2.05, 4.69) is 33.8 Å². The van der Waals surface area contributed by atoms with E-state index >= 15 is 0 Å². The van der Waals surface area contributed by atoms with Crippen molar-refractivity contribution in [3.8, 4) is 5.75 Å². The lowest BCUT2D eigenvalue weighted by Gasteiger charge is -2.23. The Morgan fingerprint density at radius 2 is 1.94 bits per heavy atom. The Labute approximate surface area is 104 Å². The maximum Gasteiger partial charge on any atom is 0.126 e. The van der Waals surface area contributed by atoms with Crippen LogP contribution in [0.15, 0.2) is 6.07 Å². The maximum atomic E-state index is 9.73. The summed E-state index contributed by atoms with van der Waals surface area (Å²) in [6.45, 7) is 8.73. The van der Waals surface area contributed by atoms with Crippen molar-refractivity contribution < 1.29 is 9.84 Å². The van der Waals surface area contributed by atoms with Gasteiger partial charge in [0.25, 0.3) is 0 Å². The van der Waals surface area contributed by atoms with Gasteiger partial charge in [-0.05, 0) is 49.8 Å². The van der Waals surface area contributed by atoms with E-state index in [4.69, 9.17) is 4.74 Å². The van der Waals surface area contributed by atoms with E-state index in [0.29, 0.717) is 5.92 Å². The van der Waals surface area contributed by atoms with Crippen LogP contribution in [0.4, 0.5) is 0 Å². The van der Waals surface area contributed by atoms with Crippen molar-refractivity contribution in [2.75, 3.05) is 13.7 Å². The van der Waals surface area contributed by atoms with Gasteiger partial charge in [0, 0.05) is 11.0 Å². The first-order chi connectivity index (χ1) is 7.97. The molecule has 2 unspecified atom stereocenters. The molecule has 0 aromatic heterocycles. The Morgan fingerprint density at radius 3 is 2.35 bits per heavy atom. The highest BCUT2D eigenvalue weighted by Gasteiger charge is 2.54. The third-order valence-corrected chi connectivity index (χ3v) is 4.42. The number of hydrogen-bond donors (Lipinski definition) is 1. The van der Waals surface area contributed by atoms with Crippen molar-refractivity contribution in [2.24, 2.45) is 5.92 Å². The molecular weight excluding hydrogens is 212 g/mol. The van der Waals surface area contributed by atoms with Gasteiger partial charge in [0.2, 0.25) is 0 Å². The molecule has 1 N–H and O–H groups in total. The topological polar surface area (TPSA) is 29.5 Å². The lowest BCUT2D eigenvalue weighted by molar-refractivity contribution is 0.243. The van der Waals surface area contributed by atoms with E-state index in [1.807, 2.05) is 0 Å². The molecule has 0 spiro atoms. The van der Waals surface area contributed by atoms with Gasteiger partial charge < -0.3 is 9.84 Å². The quantitative estimate of drug-likeness (QED) is 0.871. The molecule has 17 heavy (non-hydrogen) atoms. The molecule has 2 rings (SSSR count). The van der Waals surface area contributed by atoms with Crippen LogP contribution < -0.4 is 4.74 Å². The molecule has 1 saturated carbocycles. The number of rotatable bonds is 3. The largest absolute Gasteiger partial charge is 0.496 e. The molecule has 1 aromatic rings. The molecule has 94 valence electrons. The van der Waals surface area contributed by atoms with Crippen molar-refractivity contribution in [1.29, 1.82) is 0 Å². The average Bonchev–Trinajstić information content (AvgIpc) is 2.95. The van der Waals surface area contributed by atoms with Crippen LogP contribution in [0.1, 0.15) is 35.6 Å². The van der Waals surface area contributed by atoms with Gasteiger partial charge in [-0.2, -0.15) is 0 Å².